The minimum Gasteiger partial charge on any atom is -0.391 e. The number of carbonyl (C=O) groups is 2. The van der Waals surface area contributed by atoms with Gasteiger partial charge in [-0.15, -0.1) is 0 Å². The van der Waals surface area contributed by atoms with E-state index < -0.39 is 17.7 Å². The van der Waals surface area contributed by atoms with Crippen molar-refractivity contribution in [1.29, 1.82) is 0 Å². The van der Waals surface area contributed by atoms with Crippen LogP contribution in [-0.2, 0) is 9.59 Å². The lowest BCUT2D eigenvalue weighted by molar-refractivity contribution is -0.135. The highest BCUT2D eigenvalue weighted by Crippen LogP contribution is 2.36. The molecule has 0 aromatic carbocycles. The molecule has 3 atom stereocenters. The maximum atomic E-state index is 11.8. The fourth-order valence-corrected chi connectivity index (χ4v) is 2.09. The van der Waals surface area contributed by atoms with Crippen LogP contribution < -0.4 is 5.73 Å². The fraction of sp³-hybridized carbons (Fsp3) is 0.727. The molecule has 1 aliphatic heterocycles. The van der Waals surface area contributed by atoms with Crippen LogP contribution in [0.4, 0.5) is 0 Å². The van der Waals surface area contributed by atoms with E-state index in [-0.39, 0.29) is 11.7 Å². The minimum atomic E-state index is -0.937. The number of carbonyl (C=O) groups excluding carboxylic acids is 2. The first-order valence-corrected chi connectivity index (χ1v) is 5.79. The molecule has 1 spiro atoms. The summed E-state index contributed by atoms with van der Waals surface area (Å²) in [5.74, 6) is -0.203. The maximum absolute atomic E-state index is 11.8. The van der Waals surface area contributed by atoms with Crippen molar-refractivity contribution in [2.24, 2.45) is 10.7 Å². The first-order valence-electron chi connectivity index (χ1n) is 5.79. The number of aliphatic hydroxyl groups is 1. The van der Waals surface area contributed by atoms with Gasteiger partial charge in [0, 0.05) is 13.0 Å². The van der Waals surface area contributed by atoms with Gasteiger partial charge in [0.15, 0.2) is 5.78 Å². The predicted molar refractivity (Wildman–Crippen MR) is 61.5 cm³/mol. The highest BCUT2D eigenvalue weighted by molar-refractivity contribution is 5.98. The lowest BCUT2D eigenvalue weighted by Crippen LogP contribution is -2.55. The molecule has 0 aromatic rings. The van der Waals surface area contributed by atoms with Gasteiger partial charge in [-0.1, -0.05) is 0 Å². The zero-order valence-electron chi connectivity index (χ0n) is 9.80. The molecule has 2 aliphatic rings. The third-order valence-corrected chi connectivity index (χ3v) is 3.58. The van der Waals surface area contributed by atoms with E-state index in [0.717, 1.165) is 6.42 Å². The summed E-state index contributed by atoms with van der Waals surface area (Å²) in [5, 5.41) is 9.25. The van der Waals surface area contributed by atoms with Crippen LogP contribution in [0.1, 0.15) is 26.2 Å². The highest BCUT2D eigenvalue weighted by Gasteiger charge is 2.47. The van der Waals surface area contributed by atoms with Crippen molar-refractivity contribution in [2.75, 3.05) is 6.54 Å². The molecule has 6 heteroatoms. The molecule has 1 heterocycles. The van der Waals surface area contributed by atoms with Crippen molar-refractivity contribution >= 4 is 18.0 Å². The van der Waals surface area contributed by atoms with Crippen LogP contribution in [0, 0.1) is 0 Å². The standard InChI is InChI=1S/C11H17N3O3/c1-7(15)9(12)10(17)14-5-4-11(13-6-14)3-2-8(11)16/h6-7,9,15H,2-5,12H2,1H3/t7-,9+,11?/m1/s1. The molecule has 1 saturated carbocycles. The molecule has 0 saturated heterocycles. The lowest BCUT2D eigenvalue weighted by atomic mass is 9.73. The average molecular weight is 239 g/mol. The molecule has 1 unspecified atom stereocenters. The number of nitrogens with zero attached hydrogens (tertiary/aromatic N) is 2. The molecule has 0 aromatic heterocycles. The Morgan fingerprint density at radius 1 is 1.65 bits per heavy atom. The maximum Gasteiger partial charge on any atom is 0.247 e. The van der Waals surface area contributed by atoms with Gasteiger partial charge in [-0.25, -0.2) is 0 Å². The zero-order valence-corrected chi connectivity index (χ0v) is 9.80. The summed E-state index contributed by atoms with van der Waals surface area (Å²) < 4.78 is 0. The van der Waals surface area contributed by atoms with E-state index in [9.17, 15) is 14.7 Å². The van der Waals surface area contributed by atoms with Crippen LogP contribution >= 0.6 is 0 Å². The number of hydrogen-bond acceptors (Lipinski definition) is 5. The first kappa shape index (κ1) is 12.2. The van der Waals surface area contributed by atoms with Crippen LogP contribution in [0.25, 0.3) is 0 Å². The van der Waals surface area contributed by atoms with Gasteiger partial charge < -0.3 is 15.7 Å². The molecule has 17 heavy (non-hydrogen) atoms. The summed E-state index contributed by atoms with van der Waals surface area (Å²) in [4.78, 5) is 28.8. The van der Waals surface area contributed by atoms with Gasteiger partial charge in [-0.3, -0.25) is 14.6 Å². The number of rotatable bonds is 2. The Bertz CT molecular complexity index is 380. The van der Waals surface area contributed by atoms with Crippen LogP contribution in [-0.4, -0.2) is 52.3 Å². The Kier molecular flexibility index (Phi) is 3.01. The number of hydrogen-bond donors (Lipinski definition) is 2. The summed E-state index contributed by atoms with van der Waals surface area (Å²) in [6, 6.07) is -0.937. The molecular formula is C11H17N3O3. The van der Waals surface area contributed by atoms with Gasteiger partial charge in [-0.2, -0.15) is 0 Å². The fourth-order valence-electron chi connectivity index (χ4n) is 2.09. The van der Waals surface area contributed by atoms with Gasteiger partial charge >= 0.3 is 0 Å². The zero-order chi connectivity index (χ0) is 12.6. The van der Waals surface area contributed by atoms with E-state index in [1.54, 1.807) is 0 Å². The summed E-state index contributed by atoms with van der Waals surface area (Å²) in [6.45, 7) is 1.91. The van der Waals surface area contributed by atoms with Gasteiger partial charge in [0.05, 0.1) is 12.4 Å². The Hall–Kier alpha value is -1.27. The van der Waals surface area contributed by atoms with E-state index in [2.05, 4.69) is 4.99 Å². The molecular weight excluding hydrogens is 222 g/mol. The highest BCUT2D eigenvalue weighted by atomic mass is 16.3. The third-order valence-electron chi connectivity index (χ3n) is 3.58. The van der Waals surface area contributed by atoms with E-state index in [1.165, 1.54) is 18.2 Å². The first-order chi connectivity index (χ1) is 7.96. The van der Waals surface area contributed by atoms with Crippen molar-refractivity contribution < 1.29 is 14.7 Å². The average Bonchev–Trinajstić information content (AvgIpc) is 2.35. The monoisotopic (exact) mass is 239 g/mol. The molecule has 1 amide bonds. The second kappa shape index (κ2) is 4.19. The molecule has 1 aliphatic carbocycles. The molecule has 3 N–H and O–H groups in total. The second-order valence-electron chi connectivity index (χ2n) is 4.75. The number of ketones is 1. The number of Topliss-reactive ketones (excluding diaryl/α,β-unsaturated/α-hetero) is 1. The lowest BCUT2D eigenvalue weighted by Gasteiger charge is -2.41. The van der Waals surface area contributed by atoms with Crippen molar-refractivity contribution in [2.45, 2.75) is 43.9 Å². The van der Waals surface area contributed by atoms with Crippen LogP contribution in [0.15, 0.2) is 4.99 Å². The molecule has 6 nitrogen and oxygen atoms in total. The molecule has 94 valence electrons. The number of amides is 1. The second-order valence-corrected chi connectivity index (χ2v) is 4.75. The molecule has 1 fully saturated rings. The van der Waals surface area contributed by atoms with Crippen molar-refractivity contribution in [1.82, 2.24) is 4.90 Å². The van der Waals surface area contributed by atoms with E-state index in [0.29, 0.717) is 19.4 Å². The van der Waals surface area contributed by atoms with E-state index in [1.807, 2.05) is 0 Å². The number of aliphatic hydroxyl groups excluding tert-OH is 1. The van der Waals surface area contributed by atoms with Crippen molar-refractivity contribution in [3.8, 4) is 0 Å². The minimum absolute atomic E-state index is 0.153. The Morgan fingerprint density at radius 3 is 2.71 bits per heavy atom. The molecule has 0 radical (unpaired) electrons. The SMILES string of the molecule is C[C@@H](O)[C@H](N)C(=O)N1C=NC2(CCC2=O)CC1. The largest absolute Gasteiger partial charge is 0.391 e. The molecule has 0 bridgehead atoms. The molecule has 2 rings (SSSR count). The summed E-state index contributed by atoms with van der Waals surface area (Å²) >= 11 is 0. The van der Waals surface area contributed by atoms with E-state index >= 15 is 0 Å². The van der Waals surface area contributed by atoms with Gasteiger partial charge in [-0.05, 0) is 19.8 Å². The van der Waals surface area contributed by atoms with E-state index in [4.69, 9.17) is 5.73 Å². The summed E-state index contributed by atoms with van der Waals surface area (Å²) in [7, 11) is 0. The smallest absolute Gasteiger partial charge is 0.247 e. The van der Waals surface area contributed by atoms with Crippen molar-refractivity contribution in [3.05, 3.63) is 0 Å². The third kappa shape index (κ3) is 1.98. The summed E-state index contributed by atoms with van der Waals surface area (Å²) in [6.07, 6.45) is 2.41. The Balaban J connectivity index is 2.03. The Morgan fingerprint density at radius 2 is 2.35 bits per heavy atom. The van der Waals surface area contributed by atoms with Crippen LogP contribution in [0.3, 0.4) is 0 Å². The topological polar surface area (TPSA) is 96.0 Å². The predicted octanol–water partition coefficient (Wildman–Crippen LogP) is -0.943. The van der Waals surface area contributed by atoms with Crippen molar-refractivity contribution in [3.63, 3.8) is 0 Å². The quantitative estimate of drug-likeness (QED) is 0.649. The van der Waals surface area contributed by atoms with Crippen LogP contribution in [0.5, 0.6) is 0 Å². The number of aliphatic imine (C=N–C) groups is 1. The summed E-state index contributed by atoms with van der Waals surface area (Å²) in [5.41, 5.74) is 5.00. The van der Waals surface area contributed by atoms with Crippen LogP contribution in [0.2, 0.25) is 0 Å². The van der Waals surface area contributed by atoms with Gasteiger partial charge in [0.25, 0.3) is 0 Å². The number of nitrogens with two attached hydrogens (primary N) is 1. The van der Waals surface area contributed by atoms with Gasteiger partial charge in [0.2, 0.25) is 5.91 Å². The van der Waals surface area contributed by atoms with Gasteiger partial charge in [0.1, 0.15) is 11.6 Å². The normalized spacial score (nSPS) is 31.2. The Labute approximate surface area is 99.5 Å².